The first-order valence-electron chi connectivity index (χ1n) is 9.27. The highest BCUT2D eigenvalue weighted by atomic mass is 16.5. The van der Waals surface area contributed by atoms with E-state index in [0.717, 1.165) is 29.2 Å². The standard InChI is InChI=1S/C21H22N4O4/c1-27-18-9-7-17(8-10-18)25-11-12-29-20(25)19-14-24(23-22-19)13-15-3-5-16(6-4-15)21(26)28-2/h3-10,14,20H,11-13H2,1-2H3/t20-/m0/s1. The molecule has 1 aliphatic heterocycles. The lowest BCUT2D eigenvalue weighted by Crippen LogP contribution is -2.23. The number of aromatic nitrogens is 3. The van der Waals surface area contributed by atoms with Crippen molar-refractivity contribution in [2.24, 2.45) is 0 Å². The number of esters is 1. The van der Waals surface area contributed by atoms with Gasteiger partial charge in [0.1, 0.15) is 11.4 Å². The van der Waals surface area contributed by atoms with Crippen LogP contribution in [0.25, 0.3) is 0 Å². The molecule has 0 amide bonds. The predicted octanol–water partition coefficient (Wildman–Crippen LogP) is 2.66. The predicted molar refractivity (Wildman–Crippen MR) is 106 cm³/mol. The van der Waals surface area contributed by atoms with Gasteiger partial charge in [-0.05, 0) is 42.0 Å². The smallest absolute Gasteiger partial charge is 0.337 e. The molecule has 0 spiro atoms. The molecule has 150 valence electrons. The summed E-state index contributed by atoms with van der Waals surface area (Å²) in [4.78, 5) is 13.7. The van der Waals surface area contributed by atoms with Crippen LogP contribution in [0.1, 0.15) is 27.8 Å². The molecular weight excluding hydrogens is 372 g/mol. The average molecular weight is 394 g/mol. The number of carbonyl (C=O) groups is 1. The van der Waals surface area contributed by atoms with Gasteiger partial charge in [-0.3, -0.25) is 0 Å². The third-order valence-corrected chi connectivity index (χ3v) is 4.82. The number of hydrogen-bond donors (Lipinski definition) is 0. The van der Waals surface area contributed by atoms with Gasteiger partial charge >= 0.3 is 5.97 Å². The molecule has 2 heterocycles. The molecule has 0 N–H and O–H groups in total. The fourth-order valence-electron chi connectivity index (χ4n) is 3.31. The maximum atomic E-state index is 11.5. The van der Waals surface area contributed by atoms with Crippen LogP contribution in [-0.4, -0.2) is 48.3 Å². The molecule has 2 aromatic carbocycles. The van der Waals surface area contributed by atoms with E-state index in [0.29, 0.717) is 18.7 Å². The van der Waals surface area contributed by atoms with Crippen molar-refractivity contribution in [3.05, 3.63) is 71.5 Å². The van der Waals surface area contributed by atoms with Gasteiger partial charge in [0.15, 0.2) is 6.23 Å². The monoisotopic (exact) mass is 394 g/mol. The van der Waals surface area contributed by atoms with Gasteiger partial charge in [-0.2, -0.15) is 0 Å². The van der Waals surface area contributed by atoms with E-state index in [4.69, 9.17) is 14.2 Å². The summed E-state index contributed by atoms with van der Waals surface area (Å²) in [5, 5.41) is 8.54. The van der Waals surface area contributed by atoms with E-state index in [2.05, 4.69) is 15.2 Å². The van der Waals surface area contributed by atoms with Crippen LogP contribution in [0.4, 0.5) is 5.69 Å². The minimum absolute atomic E-state index is 0.279. The normalized spacial score (nSPS) is 16.1. The van der Waals surface area contributed by atoms with Gasteiger partial charge in [-0.1, -0.05) is 17.3 Å². The average Bonchev–Trinajstić information content (AvgIpc) is 3.43. The fraction of sp³-hybridized carbons (Fsp3) is 0.286. The van der Waals surface area contributed by atoms with Gasteiger partial charge in [0.2, 0.25) is 0 Å². The first-order chi connectivity index (χ1) is 14.2. The quantitative estimate of drug-likeness (QED) is 0.595. The molecule has 0 saturated carbocycles. The molecule has 0 unspecified atom stereocenters. The van der Waals surface area contributed by atoms with Gasteiger partial charge in [0.05, 0.1) is 39.1 Å². The second-order valence-electron chi connectivity index (χ2n) is 6.64. The lowest BCUT2D eigenvalue weighted by molar-refractivity contribution is 0.0600. The first-order valence-corrected chi connectivity index (χ1v) is 9.27. The number of rotatable bonds is 6. The molecule has 0 aliphatic carbocycles. The summed E-state index contributed by atoms with van der Waals surface area (Å²) in [6, 6.07) is 15.1. The number of hydrogen-bond acceptors (Lipinski definition) is 7. The highest BCUT2D eigenvalue weighted by Gasteiger charge is 2.29. The van der Waals surface area contributed by atoms with Crippen molar-refractivity contribution in [1.29, 1.82) is 0 Å². The van der Waals surface area contributed by atoms with Crippen LogP contribution in [-0.2, 0) is 16.0 Å². The van der Waals surface area contributed by atoms with Gasteiger partial charge in [0.25, 0.3) is 0 Å². The molecular formula is C21H22N4O4. The van der Waals surface area contributed by atoms with Crippen molar-refractivity contribution >= 4 is 11.7 Å². The van der Waals surface area contributed by atoms with Crippen molar-refractivity contribution < 1.29 is 19.0 Å². The Morgan fingerprint density at radius 3 is 2.59 bits per heavy atom. The van der Waals surface area contributed by atoms with E-state index < -0.39 is 0 Å². The zero-order chi connectivity index (χ0) is 20.2. The van der Waals surface area contributed by atoms with Gasteiger partial charge in [0, 0.05) is 12.2 Å². The van der Waals surface area contributed by atoms with E-state index in [1.807, 2.05) is 42.6 Å². The summed E-state index contributed by atoms with van der Waals surface area (Å²) in [5.41, 5.74) is 3.32. The van der Waals surface area contributed by atoms with Crippen molar-refractivity contribution in [3.63, 3.8) is 0 Å². The minimum atomic E-state index is -0.350. The molecule has 29 heavy (non-hydrogen) atoms. The van der Waals surface area contributed by atoms with Crippen LogP contribution in [0.15, 0.2) is 54.7 Å². The van der Waals surface area contributed by atoms with Crippen molar-refractivity contribution in [1.82, 2.24) is 15.0 Å². The second-order valence-corrected chi connectivity index (χ2v) is 6.64. The Bertz CT molecular complexity index is 969. The largest absolute Gasteiger partial charge is 0.497 e. The zero-order valence-electron chi connectivity index (χ0n) is 16.3. The third kappa shape index (κ3) is 4.07. The van der Waals surface area contributed by atoms with Crippen LogP contribution in [0.3, 0.4) is 0 Å². The lowest BCUT2D eigenvalue weighted by Gasteiger charge is -2.23. The van der Waals surface area contributed by atoms with Crippen molar-refractivity contribution in [3.8, 4) is 5.75 Å². The fourth-order valence-corrected chi connectivity index (χ4v) is 3.31. The summed E-state index contributed by atoms with van der Waals surface area (Å²) >= 11 is 0. The second kappa shape index (κ2) is 8.32. The van der Waals surface area contributed by atoms with E-state index in [9.17, 15) is 4.79 Å². The molecule has 0 radical (unpaired) electrons. The van der Waals surface area contributed by atoms with Gasteiger partial charge in [-0.15, -0.1) is 5.10 Å². The molecule has 1 atom stereocenters. The number of ether oxygens (including phenoxy) is 3. The van der Waals surface area contributed by atoms with Crippen molar-refractivity contribution in [2.75, 3.05) is 32.3 Å². The maximum absolute atomic E-state index is 11.5. The molecule has 1 aromatic heterocycles. The molecule has 1 saturated heterocycles. The SMILES string of the molecule is COC(=O)c1ccc(Cn2cc([C@@H]3OCCN3c3ccc(OC)cc3)nn2)cc1. The number of carbonyl (C=O) groups excluding carboxylic acids is 1. The van der Waals surface area contributed by atoms with Gasteiger partial charge < -0.3 is 19.1 Å². The van der Waals surface area contributed by atoms with Crippen LogP contribution in [0.2, 0.25) is 0 Å². The Hall–Kier alpha value is -3.39. The topological polar surface area (TPSA) is 78.7 Å². The highest BCUT2D eigenvalue weighted by molar-refractivity contribution is 5.89. The molecule has 4 rings (SSSR count). The molecule has 0 bridgehead atoms. The number of anilines is 1. The summed E-state index contributed by atoms with van der Waals surface area (Å²) in [5.74, 6) is 0.464. The summed E-state index contributed by atoms with van der Waals surface area (Å²) in [6.07, 6.45) is 1.61. The third-order valence-electron chi connectivity index (χ3n) is 4.82. The molecule has 8 nitrogen and oxygen atoms in total. The Labute approximate surface area is 168 Å². The molecule has 1 fully saturated rings. The number of methoxy groups -OCH3 is 2. The summed E-state index contributed by atoms with van der Waals surface area (Å²) < 4.78 is 17.6. The Morgan fingerprint density at radius 1 is 1.14 bits per heavy atom. The van der Waals surface area contributed by atoms with E-state index >= 15 is 0 Å². The van der Waals surface area contributed by atoms with Crippen LogP contribution >= 0.6 is 0 Å². The van der Waals surface area contributed by atoms with Gasteiger partial charge in [-0.25, -0.2) is 9.48 Å². The molecule has 8 heteroatoms. The van der Waals surface area contributed by atoms with E-state index in [1.54, 1.807) is 23.9 Å². The van der Waals surface area contributed by atoms with Crippen LogP contribution < -0.4 is 9.64 Å². The number of nitrogens with zero attached hydrogens (tertiary/aromatic N) is 4. The van der Waals surface area contributed by atoms with Crippen LogP contribution in [0.5, 0.6) is 5.75 Å². The number of benzene rings is 2. The molecule has 3 aromatic rings. The Morgan fingerprint density at radius 2 is 1.90 bits per heavy atom. The molecule has 1 aliphatic rings. The van der Waals surface area contributed by atoms with Crippen molar-refractivity contribution in [2.45, 2.75) is 12.8 Å². The van der Waals surface area contributed by atoms with E-state index in [-0.39, 0.29) is 12.2 Å². The zero-order valence-corrected chi connectivity index (χ0v) is 16.3. The lowest BCUT2D eigenvalue weighted by atomic mass is 10.1. The highest BCUT2D eigenvalue weighted by Crippen LogP contribution is 2.32. The Balaban J connectivity index is 1.47. The maximum Gasteiger partial charge on any atom is 0.337 e. The summed E-state index contributed by atoms with van der Waals surface area (Å²) in [7, 11) is 3.02. The minimum Gasteiger partial charge on any atom is -0.497 e. The Kier molecular flexibility index (Phi) is 5.44. The first kappa shape index (κ1) is 18.9. The van der Waals surface area contributed by atoms with Crippen LogP contribution in [0, 0.1) is 0 Å². The van der Waals surface area contributed by atoms with E-state index in [1.165, 1.54) is 7.11 Å². The summed E-state index contributed by atoms with van der Waals surface area (Å²) in [6.45, 7) is 1.95.